The molecule has 4 N–H and O–H groups in total. The third kappa shape index (κ3) is 4.40. The molecule has 0 radical (unpaired) electrons. The van der Waals surface area contributed by atoms with Crippen molar-refractivity contribution in [2.24, 2.45) is 11.7 Å². The molecule has 0 saturated carbocycles. The summed E-state index contributed by atoms with van der Waals surface area (Å²) in [5.74, 6) is -1.76. The molecule has 0 heterocycles. The van der Waals surface area contributed by atoms with Gasteiger partial charge in [-0.25, -0.2) is 4.79 Å². The molecule has 16 heavy (non-hydrogen) atoms. The Balaban J connectivity index is 4.60. The summed E-state index contributed by atoms with van der Waals surface area (Å²) in [6.45, 7) is 6.84. The van der Waals surface area contributed by atoms with Gasteiger partial charge in [0.1, 0.15) is 6.04 Å². The van der Waals surface area contributed by atoms with E-state index < -0.39 is 28.7 Å². The van der Waals surface area contributed by atoms with Crippen molar-refractivity contribution in [3.63, 3.8) is 0 Å². The molecule has 0 aromatic heterocycles. The first-order valence-electron chi connectivity index (χ1n) is 5.08. The van der Waals surface area contributed by atoms with Crippen LogP contribution in [0.4, 0.5) is 0 Å². The summed E-state index contributed by atoms with van der Waals surface area (Å²) in [6, 6.07) is -1.77. The van der Waals surface area contributed by atoms with Gasteiger partial charge in [0.15, 0.2) is 0 Å². The molecule has 0 unspecified atom stereocenters. The minimum Gasteiger partial charge on any atom is -0.480 e. The van der Waals surface area contributed by atoms with E-state index in [2.05, 4.69) is 17.9 Å². The molecule has 0 rings (SSSR count). The van der Waals surface area contributed by atoms with Crippen molar-refractivity contribution in [1.82, 2.24) is 5.32 Å². The maximum absolute atomic E-state index is 11.7. The highest BCUT2D eigenvalue weighted by Crippen LogP contribution is 2.16. The highest BCUT2D eigenvalue weighted by atomic mass is 32.1. The van der Waals surface area contributed by atoms with Crippen LogP contribution < -0.4 is 11.1 Å². The van der Waals surface area contributed by atoms with E-state index in [0.717, 1.165) is 0 Å². The standard InChI is InChI=1S/C10H20N2O3S/c1-5(2)6(9(14)15)12-8(13)7(11)10(3,4)16/h5-7,16H,11H2,1-4H3,(H,12,13)(H,14,15)/t6-,7-/m0/s1. The molecule has 0 fully saturated rings. The average Bonchev–Trinajstić information content (AvgIpc) is 2.09. The van der Waals surface area contributed by atoms with E-state index in [1.807, 2.05) is 0 Å². The number of rotatable bonds is 5. The van der Waals surface area contributed by atoms with E-state index in [0.29, 0.717) is 0 Å². The first kappa shape index (κ1) is 15.2. The molecule has 6 heteroatoms. The summed E-state index contributed by atoms with van der Waals surface area (Å²) < 4.78 is -0.690. The summed E-state index contributed by atoms with van der Waals surface area (Å²) in [7, 11) is 0. The number of hydrogen-bond acceptors (Lipinski definition) is 4. The van der Waals surface area contributed by atoms with Crippen molar-refractivity contribution in [1.29, 1.82) is 0 Å². The van der Waals surface area contributed by atoms with E-state index in [-0.39, 0.29) is 5.92 Å². The second-order valence-electron chi connectivity index (χ2n) is 4.70. The van der Waals surface area contributed by atoms with Gasteiger partial charge in [-0.1, -0.05) is 13.8 Å². The van der Waals surface area contributed by atoms with Crippen molar-refractivity contribution in [3.05, 3.63) is 0 Å². The van der Waals surface area contributed by atoms with Crippen LogP contribution in [0.1, 0.15) is 27.7 Å². The quantitative estimate of drug-likeness (QED) is 0.525. The van der Waals surface area contributed by atoms with E-state index in [1.54, 1.807) is 27.7 Å². The van der Waals surface area contributed by atoms with E-state index in [9.17, 15) is 9.59 Å². The number of carbonyl (C=O) groups excluding carboxylic acids is 1. The van der Waals surface area contributed by atoms with Crippen LogP contribution in [0.25, 0.3) is 0 Å². The van der Waals surface area contributed by atoms with Gasteiger partial charge in [-0.05, 0) is 19.8 Å². The lowest BCUT2D eigenvalue weighted by molar-refractivity contribution is -0.143. The monoisotopic (exact) mass is 248 g/mol. The summed E-state index contributed by atoms with van der Waals surface area (Å²) in [5.41, 5.74) is 5.66. The lowest BCUT2D eigenvalue weighted by atomic mass is 10.0. The largest absolute Gasteiger partial charge is 0.480 e. The number of nitrogens with one attached hydrogen (secondary N) is 1. The van der Waals surface area contributed by atoms with Gasteiger partial charge in [0.2, 0.25) is 5.91 Å². The normalized spacial score (nSPS) is 15.7. The number of carboxylic acids is 1. The fourth-order valence-corrected chi connectivity index (χ4v) is 1.19. The van der Waals surface area contributed by atoms with Crippen molar-refractivity contribution in [2.75, 3.05) is 0 Å². The number of carboxylic acid groups (broad SMARTS) is 1. The van der Waals surface area contributed by atoms with Gasteiger partial charge >= 0.3 is 5.97 Å². The Labute approximate surface area is 101 Å². The second kappa shape index (κ2) is 5.54. The van der Waals surface area contributed by atoms with Crippen LogP contribution in [0.3, 0.4) is 0 Å². The van der Waals surface area contributed by atoms with Gasteiger partial charge in [0, 0.05) is 4.75 Å². The highest BCUT2D eigenvalue weighted by Gasteiger charge is 2.32. The molecule has 1 amide bonds. The molecule has 5 nitrogen and oxygen atoms in total. The van der Waals surface area contributed by atoms with E-state index in [4.69, 9.17) is 10.8 Å². The second-order valence-corrected chi connectivity index (χ2v) is 5.85. The van der Waals surface area contributed by atoms with Gasteiger partial charge in [-0.3, -0.25) is 4.79 Å². The van der Waals surface area contributed by atoms with Crippen LogP contribution in [0, 0.1) is 5.92 Å². The Hall–Kier alpha value is -0.750. The zero-order valence-corrected chi connectivity index (χ0v) is 10.9. The smallest absolute Gasteiger partial charge is 0.326 e. The van der Waals surface area contributed by atoms with Gasteiger partial charge < -0.3 is 16.2 Å². The molecule has 0 saturated heterocycles. The Morgan fingerprint density at radius 3 is 2.06 bits per heavy atom. The van der Waals surface area contributed by atoms with Gasteiger partial charge in [-0.2, -0.15) is 12.6 Å². The maximum atomic E-state index is 11.7. The molecular weight excluding hydrogens is 228 g/mol. The van der Waals surface area contributed by atoms with Crippen LogP contribution in [0.5, 0.6) is 0 Å². The minimum atomic E-state index is -1.06. The number of aliphatic carboxylic acids is 1. The minimum absolute atomic E-state index is 0.198. The Kier molecular flexibility index (Phi) is 5.28. The third-order valence-corrected chi connectivity index (χ3v) is 2.55. The Morgan fingerprint density at radius 1 is 1.38 bits per heavy atom. The predicted molar refractivity (Wildman–Crippen MR) is 65.4 cm³/mol. The van der Waals surface area contributed by atoms with Crippen LogP contribution in [0.15, 0.2) is 0 Å². The average molecular weight is 248 g/mol. The third-order valence-electron chi connectivity index (χ3n) is 2.27. The van der Waals surface area contributed by atoms with Crippen molar-refractivity contribution in [3.8, 4) is 0 Å². The fourth-order valence-electron chi connectivity index (χ4n) is 1.08. The van der Waals surface area contributed by atoms with E-state index >= 15 is 0 Å². The molecule has 0 spiro atoms. The SMILES string of the molecule is CC(C)[C@H](NC(=O)[C@H](N)C(C)(C)S)C(=O)O. The zero-order valence-electron chi connectivity index (χ0n) is 10.0. The molecule has 0 bridgehead atoms. The van der Waals surface area contributed by atoms with Gasteiger partial charge in [0.05, 0.1) is 6.04 Å². The van der Waals surface area contributed by atoms with Crippen molar-refractivity contribution in [2.45, 2.75) is 44.5 Å². The number of carbonyl (C=O) groups is 2. The number of amides is 1. The predicted octanol–water partition coefficient (Wildman–Crippen LogP) is 0.247. The molecule has 94 valence electrons. The lowest BCUT2D eigenvalue weighted by Gasteiger charge is -2.27. The molecule has 0 aromatic rings. The topological polar surface area (TPSA) is 92.4 Å². The fraction of sp³-hybridized carbons (Fsp3) is 0.800. The number of hydrogen-bond donors (Lipinski definition) is 4. The van der Waals surface area contributed by atoms with Gasteiger partial charge in [0.25, 0.3) is 0 Å². The molecular formula is C10H20N2O3S. The van der Waals surface area contributed by atoms with Gasteiger partial charge in [-0.15, -0.1) is 0 Å². The number of thiol groups is 1. The molecule has 0 aliphatic rings. The van der Waals surface area contributed by atoms with Crippen molar-refractivity contribution < 1.29 is 14.7 Å². The lowest BCUT2D eigenvalue weighted by Crippen LogP contribution is -2.56. The van der Waals surface area contributed by atoms with Crippen LogP contribution >= 0.6 is 12.6 Å². The molecule has 0 aliphatic carbocycles. The Morgan fingerprint density at radius 2 is 1.81 bits per heavy atom. The first-order valence-corrected chi connectivity index (χ1v) is 5.53. The molecule has 0 aromatic carbocycles. The van der Waals surface area contributed by atoms with Crippen molar-refractivity contribution >= 4 is 24.5 Å². The summed E-state index contributed by atoms with van der Waals surface area (Å²) >= 11 is 4.18. The van der Waals surface area contributed by atoms with Crippen LogP contribution in [-0.2, 0) is 9.59 Å². The summed E-state index contributed by atoms with van der Waals surface area (Å²) in [6.07, 6.45) is 0. The number of nitrogens with two attached hydrogens (primary N) is 1. The van der Waals surface area contributed by atoms with Crippen LogP contribution in [0.2, 0.25) is 0 Å². The zero-order chi connectivity index (χ0) is 13.1. The summed E-state index contributed by atoms with van der Waals surface area (Å²) in [4.78, 5) is 22.5. The van der Waals surface area contributed by atoms with E-state index in [1.165, 1.54) is 0 Å². The summed E-state index contributed by atoms with van der Waals surface area (Å²) in [5, 5.41) is 11.3. The highest BCUT2D eigenvalue weighted by molar-refractivity contribution is 7.81. The first-order chi connectivity index (χ1) is 7.07. The molecule has 0 aliphatic heterocycles. The molecule has 2 atom stereocenters. The van der Waals surface area contributed by atoms with Crippen LogP contribution in [-0.4, -0.2) is 33.8 Å². The maximum Gasteiger partial charge on any atom is 0.326 e. The Bertz CT molecular complexity index is 274.